The molecule has 0 aromatic carbocycles. The fourth-order valence-electron chi connectivity index (χ4n) is 1.31. The molecule has 78 valence electrons. The number of rotatable bonds is 3. The van der Waals surface area contributed by atoms with E-state index in [1.807, 2.05) is 6.07 Å². The van der Waals surface area contributed by atoms with Crippen LogP contribution in [0, 0.1) is 11.3 Å². The fourth-order valence-corrected chi connectivity index (χ4v) is 1.90. The summed E-state index contributed by atoms with van der Waals surface area (Å²) in [7, 11) is 0. The highest BCUT2D eigenvalue weighted by Gasteiger charge is 2.22. The summed E-state index contributed by atoms with van der Waals surface area (Å²) in [5.41, 5.74) is 2.19. The van der Waals surface area contributed by atoms with Gasteiger partial charge in [0.25, 0.3) is 0 Å². The van der Waals surface area contributed by atoms with Gasteiger partial charge in [-0.3, -0.25) is 14.8 Å². The molecule has 2 aromatic rings. The van der Waals surface area contributed by atoms with E-state index in [4.69, 9.17) is 5.26 Å². The standard InChI is InChI=1S/C11H7N3OS/c12-4-9(8-2-1-3-13-5-8)11(15)10-6-14-7-16-10/h1-3,5-7,9H. The molecule has 0 bridgehead atoms. The molecule has 0 aliphatic carbocycles. The lowest BCUT2D eigenvalue weighted by atomic mass is 9.97. The van der Waals surface area contributed by atoms with Gasteiger partial charge < -0.3 is 0 Å². The summed E-state index contributed by atoms with van der Waals surface area (Å²) in [6, 6.07) is 5.43. The SMILES string of the molecule is N#CC(C(=O)c1cncs1)c1cccnc1. The van der Waals surface area contributed by atoms with Crippen LogP contribution < -0.4 is 0 Å². The minimum absolute atomic E-state index is 0.224. The lowest BCUT2D eigenvalue weighted by Gasteiger charge is -2.05. The van der Waals surface area contributed by atoms with Crippen molar-refractivity contribution in [3.63, 3.8) is 0 Å². The van der Waals surface area contributed by atoms with Gasteiger partial charge in [-0.05, 0) is 11.6 Å². The molecule has 2 heterocycles. The maximum atomic E-state index is 12.0. The van der Waals surface area contributed by atoms with Crippen LogP contribution in [0.1, 0.15) is 21.2 Å². The van der Waals surface area contributed by atoms with Crippen LogP contribution in [-0.4, -0.2) is 15.8 Å². The first kappa shape index (κ1) is 10.5. The average molecular weight is 229 g/mol. The number of hydrogen-bond donors (Lipinski definition) is 0. The molecule has 0 saturated carbocycles. The summed E-state index contributed by atoms with van der Waals surface area (Å²) in [4.78, 5) is 20.2. The molecule has 2 aromatic heterocycles. The topological polar surface area (TPSA) is 66.6 Å². The van der Waals surface area contributed by atoms with Crippen molar-refractivity contribution in [1.82, 2.24) is 9.97 Å². The van der Waals surface area contributed by atoms with Crippen molar-refractivity contribution in [1.29, 1.82) is 5.26 Å². The highest BCUT2D eigenvalue weighted by Crippen LogP contribution is 2.21. The van der Waals surface area contributed by atoms with Gasteiger partial charge in [0.05, 0.1) is 16.5 Å². The molecule has 1 atom stereocenters. The molecule has 16 heavy (non-hydrogen) atoms. The first-order valence-corrected chi connectivity index (χ1v) is 5.43. The molecule has 4 nitrogen and oxygen atoms in total. The number of pyridine rings is 1. The van der Waals surface area contributed by atoms with Crippen LogP contribution in [0.2, 0.25) is 0 Å². The zero-order valence-corrected chi connectivity index (χ0v) is 9.02. The molecular weight excluding hydrogens is 222 g/mol. The Kier molecular flexibility index (Phi) is 3.03. The van der Waals surface area contributed by atoms with E-state index in [0.29, 0.717) is 10.4 Å². The number of thiazole rings is 1. The van der Waals surface area contributed by atoms with Crippen LogP contribution in [0.4, 0.5) is 0 Å². The zero-order valence-electron chi connectivity index (χ0n) is 8.20. The summed E-state index contributed by atoms with van der Waals surface area (Å²) < 4.78 is 0. The number of hydrogen-bond acceptors (Lipinski definition) is 5. The number of nitriles is 1. The Bertz CT molecular complexity index is 516. The van der Waals surface area contributed by atoms with E-state index in [0.717, 1.165) is 0 Å². The smallest absolute Gasteiger partial charge is 0.196 e. The Labute approximate surface area is 96.2 Å². The molecule has 0 fully saturated rings. The van der Waals surface area contributed by atoms with E-state index < -0.39 is 5.92 Å². The van der Waals surface area contributed by atoms with Gasteiger partial charge in [-0.25, -0.2) is 0 Å². The van der Waals surface area contributed by atoms with Gasteiger partial charge >= 0.3 is 0 Å². The quantitative estimate of drug-likeness (QED) is 0.755. The van der Waals surface area contributed by atoms with Crippen molar-refractivity contribution in [2.45, 2.75) is 5.92 Å². The minimum atomic E-state index is -0.797. The number of carbonyl (C=O) groups excluding carboxylic acids is 1. The number of ketones is 1. The summed E-state index contributed by atoms with van der Waals surface area (Å²) in [6.45, 7) is 0. The van der Waals surface area contributed by atoms with E-state index in [-0.39, 0.29) is 5.78 Å². The van der Waals surface area contributed by atoms with Gasteiger partial charge in [0, 0.05) is 18.6 Å². The maximum Gasteiger partial charge on any atom is 0.196 e. The van der Waals surface area contributed by atoms with Crippen LogP contribution in [0.25, 0.3) is 0 Å². The molecule has 0 spiro atoms. The highest BCUT2D eigenvalue weighted by molar-refractivity contribution is 7.11. The van der Waals surface area contributed by atoms with E-state index in [2.05, 4.69) is 9.97 Å². The summed E-state index contributed by atoms with van der Waals surface area (Å²) in [5.74, 6) is -1.02. The number of aromatic nitrogens is 2. The Balaban J connectivity index is 2.32. The largest absolute Gasteiger partial charge is 0.291 e. The number of Topliss-reactive ketones (excluding diaryl/α,β-unsaturated/α-hetero) is 1. The van der Waals surface area contributed by atoms with Crippen molar-refractivity contribution < 1.29 is 4.79 Å². The van der Waals surface area contributed by atoms with Gasteiger partial charge in [-0.1, -0.05) is 6.07 Å². The molecule has 2 rings (SSSR count). The lowest BCUT2D eigenvalue weighted by molar-refractivity contribution is 0.0982. The third-order valence-corrected chi connectivity index (χ3v) is 2.87. The summed E-state index contributed by atoms with van der Waals surface area (Å²) in [6.07, 6.45) is 4.62. The average Bonchev–Trinajstić information content (AvgIpc) is 2.85. The number of carbonyl (C=O) groups is 1. The molecular formula is C11H7N3OS. The Morgan fingerprint density at radius 1 is 1.44 bits per heavy atom. The maximum absolute atomic E-state index is 12.0. The van der Waals surface area contributed by atoms with Crippen LogP contribution in [-0.2, 0) is 0 Å². The molecule has 5 heteroatoms. The second-order valence-electron chi connectivity index (χ2n) is 3.08. The first-order valence-electron chi connectivity index (χ1n) is 4.55. The van der Waals surface area contributed by atoms with Gasteiger partial charge in [-0.2, -0.15) is 5.26 Å². The van der Waals surface area contributed by atoms with E-state index in [9.17, 15) is 4.79 Å². The van der Waals surface area contributed by atoms with E-state index in [1.165, 1.54) is 23.7 Å². The molecule has 0 saturated heterocycles. The third kappa shape index (κ3) is 1.97. The minimum Gasteiger partial charge on any atom is -0.291 e. The molecule has 0 aliphatic heterocycles. The normalized spacial score (nSPS) is 11.7. The van der Waals surface area contributed by atoms with Gasteiger partial charge in [0.1, 0.15) is 5.92 Å². The van der Waals surface area contributed by atoms with Crippen molar-refractivity contribution in [3.05, 3.63) is 46.7 Å². The lowest BCUT2D eigenvalue weighted by Crippen LogP contribution is -2.09. The van der Waals surface area contributed by atoms with Gasteiger partial charge in [-0.15, -0.1) is 11.3 Å². The molecule has 0 aliphatic rings. The van der Waals surface area contributed by atoms with Gasteiger partial charge in [0.2, 0.25) is 0 Å². The van der Waals surface area contributed by atoms with Crippen molar-refractivity contribution >= 4 is 17.1 Å². The van der Waals surface area contributed by atoms with E-state index in [1.54, 1.807) is 23.8 Å². The molecule has 0 radical (unpaired) electrons. The van der Waals surface area contributed by atoms with Crippen LogP contribution in [0.5, 0.6) is 0 Å². The highest BCUT2D eigenvalue weighted by atomic mass is 32.1. The van der Waals surface area contributed by atoms with E-state index >= 15 is 0 Å². The Hall–Kier alpha value is -2.06. The monoisotopic (exact) mass is 229 g/mol. The van der Waals surface area contributed by atoms with Crippen molar-refractivity contribution in [3.8, 4) is 6.07 Å². The van der Waals surface area contributed by atoms with Crippen LogP contribution >= 0.6 is 11.3 Å². The predicted octanol–water partition coefficient (Wildman–Crippen LogP) is 2.03. The second-order valence-corrected chi connectivity index (χ2v) is 3.96. The summed E-state index contributed by atoms with van der Waals surface area (Å²) >= 11 is 1.24. The Morgan fingerprint density at radius 2 is 2.31 bits per heavy atom. The zero-order chi connectivity index (χ0) is 11.4. The number of nitrogens with zero attached hydrogens (tertiary/aromatic N) is 3. The van der Waals surface area contributed by atoms with Crippen molar-refractivity contribution in [2.75, 3.05) is 0 Å². The molecule has 0 N–H and O–H groups in total. The van der Waals surface area contributed by atoms with Crippen molar-refractivity contribution in [2.24, 2.45) is 0 Å². The first-order chi connectivity index (χ1) is 7.83. The van der Waals surface area contributed by atoms with Crippen LogP contribution in [0.15, 0.2) is 36.2 Å². The third-order valence-electron chi connectivity index (χ3n) is 2.08. The van der Waals surface area contributed by atoms with Gasteiger partial charge in [0.15, 0.2) is 5.78 Å². The molecule has 0 amide bonds. The summed E-state index contributed by atoms with van der Waals surface area (Å²) in [5, 5.41) is 9.03. The predicted molar refractivity (Wildman–Crippen MR) is 59.0 cm³/mol. The second kappa shape index (κ2) is 4.64. The molecule has 1 unspecified atom stereocenters. The Morgan fingerprint density at radius 3 is 2.88 bits per heavy atom. The fraction of sp³-hybridized carbons (Fsp3) is 0.0909. The van der Waals surface area contributed by atoms with Crippen LogP contribution in [0.3, 0.4) is 0 Å².